The number of H-pyrrole nitrogens is 1. The lowest BCUT2D eigenvalue weighted by Gasteiger charge is -2.14. The Labute approximate surface area is 89.0 Å². The predicted octanol–water partition coefficient (Wildman–Crippen LogP) is 3.15. The number of benzene rings is 1. The number of para-hydroxylation sites is 1. The van der Waals surface area contributed by atoms with Gasteiger partial charge in [0.05, 0.1) is 0 Å². The van der Waals surface area contributed by atoms with Crippen molar-refractivity contribution in [2.24, 2.45) is 4.99 Å². The summed E-state index contributed by atoms with van der Waals surface area (Å²) < 4.78 is 0. The standard InChI is InChI=1S/C13H12N2/c1-2-6-13-11(5-1)12(9-15-13)10-4-3-7-14-8-10/h1-2,5-7,9-10,15H,3-4H2. The lowest BCUT2D eigenvalue weighted by atomic mass is 9.93. The van der Waals surface area contributed by atoms with Gasteiger partial charge in [0.15, 0.2) is 0 Å². The van der Waals surface area contributed by atoms with Crippen LogP contribution in [0.1, 0.15) is 24.3 Å². The van der Waals surface area contributed by atoms with E-state index in [2.05, 4.69) is 47.0 Å². The smallest absolute Gasteiger partial charge is 0.123 e. The van der Waals surface area contributed by atoms with E-state index in [1.165, 1.54) is 16.5 Å². The first-order valence-corrected chi connectivity index (χ1v) is 5.28. The first-order valence-electron chi connectivity index (χ1n) is 5.28. The zero-order valence-corrected chi connectivity index (χ0v) is 8.40. The van der Waals surface area contributed by atoms with Gasteiger partial charge in [-0.3, -0.25) is 4.99 Å². The van der Waals surface area contributed by atoms with Gasteiger partial charge in [-0.25, -0.2) is 0 Å². The topological polar surface area (TPSA) is 28.1 Å². The molecular weight excluding hydrogens is 184 g/mol. The van der Waals surface area contributed by atoms with E-state index < -0.39 is 0 Å². The van der Waals surface area contributed by atoms with Crippen LogP contribution in [0.3, 0.4) is 0 Å². The number of nitrogens with one attached hydrogen (secondary N) is 1. The third-order valence-electron chi connectivity index (χ3n) is 2.90. The number of nitrogens with zero attached hydrogens (tertiary/aromatic N) is 1. The van der Waals surface area contributed by atoms with Crippen molar-refractivity contribution in [1.82, 2.24) is 4.98 Å². The Hall–Kier alpha value is -1.57. The number of hydrogen-bond acceptors (Lipinski definition) is 1. The Morgan fingerprint density at radius 2 is 2.27 bits per heavy atom. The molecule has 2 heteroatoms. The van der Waals surface area contributed by atoms with Crippen LogP contribution in [0, 0.1) is 6.54 Å². The Balaban J connectivity index is 2.07. The van der Waals surface area contributed by atoms with Gasteiger partial charge in [-0.1, -0.05) is 18.2 Å². The fourth-order valence-corrected chi connectivity index (χ4v) is 2.12. The minimum Gasteiger partial charge on any atom is -0.361 e. The molecule has 0 bridgehead atoms. The Morgan fingerprint density at radius 3 is 3.13 bits per heavy atom. The van der Waals surface area contributed by atoms with Crippen LogP contribution in [0.5, 0.6) is 0 Å². The molecule has 0 amide bonds. The summed E-state index contributed by atoms with van der Waals surface area (Å²) >= 11 is 0. The molecule has 2 heterocycles. The summed E-state index contributed by atoms with van der Waals surface area (Å²) in [6, 6.07) is 8.38. The summed E-state index contributed by atoms with van der Waals surface area (Å²) in [7, 11) is 0. The molecule has 0 spiro atoms. The molecule has 1 aliphatic rings. The van der Waals surface area contributed by atoms with E-state index in [9.17, 15) is 0 Å². The summed E-state index contributed by atoms with van der Waals surface area (Å²) in [5.41, 5.74) is 2.52. The zero-order valence-electron chi connectivity index (χ0n) is 8.40. The molecule has 15 heavy (non-hydrogen) atoms. The molecule has 2 aromatic rings. The predicted molar refractivity (Wildman–Crippen MR) is 62.0 cm³/mol. The molecule has 0 saturated heterocycles. The Bertz CT molecular complexity index is 496. The van der Waals surface area contributed by atoms with Crippen LogP contribution in [-0.4, -0.2) is 11.2 Å². The van der Waals surface area contributed by atoms with E-state index in [-0.39, 0.29) is 0 Å². The molecular formula is C13H12N2. The van der Waals surface area contributed by atoms with Gasteiger partial charge in [0.1, 0.15) is 6.54 Å². The van der Waals surface area contributed by atoms with Crippen molar-refractivity contribution in [3.8, 4) is 0 Å². The van der Waals surface area contributed by atoms with Gasteiger partial charge in [-0.2, -0.15) is 0 Å². The van der Waals surface area contributed by atoms with E-state index in [1.807, 2.05) is 6.21 Å². The molecule has 0 aliphatic carbocycles. The number of aromatic amines is 1. The summed E-state index contributed by atoms with van der Waals surface area (Å²) in [6.07, 6.45) is 6.19. The largest absolute Gasteiger partial charge is 0.361 e. The maximum atomic E-state index is 4.13. The lowest BCUT2D eigenvalue weighted by Crippen LogP contribution is -2.02. The molecule has 1 N–H and O–H groups in total. The van der Waals surface area contributed by atoms with E-state index in [1.54, 1.807) is 0 Å². The second kappa shape index (κ2) is 3.54. The van der Waals surface area contributed by atoms with E-state index in [4.69, 9.17) is 0 Å². The van der Waals surface area contributed by atoms with Crippen LogP contribution < -0.4 is 0 Å². The van der Waals surface area contributed by atoms with Gasteiger partial charge >= 0.3 is 0 Å². The van der Waals surface area contributed by atoms with Crippen LogP contribution in [0.25, 0.3) is 10.9 Å². The Kier molecular flexibility index (Phi) is 2.05. The highest BCUT2D eigenvalue weighted by atomic mass is 14.7. The van der Waals surface area contributed by atoms with Crippen molar-refractivity contribution in [2.45, 2.75) is 18.8 Å². The third kappa shape index (κ3) is 1.46. The van der Waals surface area contributed by atoms with Crippen molar-refractivity contribution in [2.75, 3.05) is 0 Å². The minimum atomic E-state index is 0.353. The monoisotopic (exact) mass is 196 g/mol. The molecule has 1 aliphatic heterocycles. The third-order valence-corrected chi connectivity index (χ3v) is 2.90. The number of aliphatic imine (C=N–C) groups is 1. The van der Waals surface area contributed by atoms with Gasteiger partial charge in [0.25, 0.3) is 0 Å². The van der Waals surface area contributed by atoms with Gasteiger partial charge in [-0.15, -0.1) is 0 Å². The quantitative estimate of drug-likeness (QED) is 0.725. The van der Waals surface area contributed by atoms with Gasteiger partial charge < -0.3 is 4.98 Å². The molecule has 1 unspecified atom stereocenters. The first-order chi connectivity index (χ1) is 7.45. The molecule has 3 rings (SSSR count). The van der Waals surface area contributed by atoms with Crippen molar-refractivity contribution < 1.29 is 0 Å². The summed E-state index contributed by atoms with van der Waals surface area (Å²) in [4.78, 5) is 7.43. The van der Waals surface area contributed by atoms with Crippen LogP contribution >= 0.6 is 0 Å². The SMILES string of the molecule is [C]1N=CCCC1c1c[nH]c2ccccc12. The van der Waals surface area contributed by atoms with Crippen LogP contribution in [0.15, 0.2) is 35.5 Å². The normalized spacial score (nSPS) is 20.9. The fraction of sp³-hybridized carbons (Fsp3) is 0.231. The summed E-state index contributed by atoms with van der Waals surface area (Å²) in [5.74, 6) is 0.353. The fourth-order valence-electron chi connectivity index (χ4n) is 2.12. The maximum Gasteiger partial charge on any atom is 0.123 e. The van der Waals surface area contributed by atoms with E-state index in [0.29, 0.717) is 5.92 Å². The summed E-state index contributed by atoms with van der Waals surface area (Å²) in [5, 5.41) is 1.30. The molecule has 1 atom stereocenters. The molecule has 1 aromatic carbocycles. The maximum absolute atomic E-state index is 4.13. The van der Waals surface area contributed by atoms with Crippen LogP contribution in [0.2, 0.25) is 0 Å². The number of aromatic nitrogens is 1. The molecule has 74 valence electrons. The van der Waals surface area contributed by atoms with Crippen LogP contribution in [0.4, 0.5) is 0 Å². The van der Waals surface area contributed by atoms with Crippen molar-refractivity contribution >= 4 is 17.1 Å². The molecule has 2 radical (unpaired) electrons. The van der Waals surface area contributed by atoms with Crippen molar-refractivity contribution in [3.05, 3.63) is 42.6 Å². The number of rotatable bonds is 1. The summed E-state index contributed by atoms with van der Waals surface area (Å²) in [6.45, 7) is 3.16. The van der Waals surface area contributed by atoms with Gasteiger partial charge in [0.2, 0.25) is 0 Å². The van der Waals surface area contributed by atoms with Gasteiger partial charge in [0, 0.05) is 23.0 Å². The van der Waals surface area contributed by atoms with E-state index in [0.717, 1.165) is 12.8 Å². The second-order valence-corrected chi connectivity index (χ2v) is 3.86. The molecule has 0 saturated carbocycles. The highest BCUT2D eigenvalue weighted by Gasteiger charge is 2.17. The van der Waals surface area contributed by atoms with Crippen LogP contribution in [-0.2, 0) is 0 Å². The van der Waals surface area contributed by atoms with Crippen molar-refractivity contribution in [1.29, 1.82) is 0 Å². The first kappa shape index (κ1) is 8.72. The average molecular weight is 196 g/mol. The molecule has 2 nitrogen and oxygen atoms in total. The number of fused-ring (bicyclic) bond motifs is 1. The molecule has 1 aromatic heterocycles. The second-order valence-electron chi connectivity index (χ2n) is 3.86. The highest BCUT2D eigenvalue weighted by molar-refractivity contribution is 5.84. The average Bonchev–Trinajstić information content (AvgIpc) is 2.74. The lowest BCUT2D eigenvalue weighted by molar-refractivity contribution is 0.702. The number of hydrogen-bond donors (Lipinski definition) is 1. The zero-order chi connectivity index (χ0) is 10.1. The highest BCUT2D eigenvalue weighted by Crippen LogP contribution is 2.32. The minimum absolute atomic E-state index is 0.353. The van der Waals surface area contributed by atoms with E-state index >= 15 is 0 Å². The Morgan fingerprint density at radius 1 is 1.33 bits per heavy atom. The molecule has 0 fully saturated rings. The van der Waals surface area contributed by atoms with Crippen molar-refractivity contribution in [3.63, 3.8) is 0 Å². The van der Waals surface area contributed by atoms with Gasteiger partial charge in [-0.05, 0) is 30.7 Å².